The quantitative estimate of drug-likeness (QED) is 0.165. The van der Waals surface area contributed by atoms with E-state index in [1.54, 1.807) is 47.9 Å². The van der Waals surface area contributed by atoms with Crippen molar-refractivity contribution in [2.75, 3.05) is 13.1 Å². The molecule has 8 nitrogen and oxygen atoms in total. The number of benzene rings is 2. The Morgan fingerprint density at radius 3 is 2.17 bits per heavy atom. The summed E-state index contributed by atoms with van der Waals surface area (Å²) in [5.74, 6) is 5.34. The SMILES string of the molecule is NC(=O)c1ccccc1-c1ccccc1C(=O)NCCCCCCCN(N)/C=C(\N)c1cccnc1. The van der Waals surface area contributed by atoms with Crippen molar-refractivity contribution in [3.63, 3.8) is 0 Å². The van der Waals surface area contributed by atoms with E-state index in [2.05, 4.69) is 10.3 Å². The number of carbonyl (C=O) groups is 2. The number of nitrogens with two attached hydrogens (primary N) is 3. The maximum atomic E-state index is 12.9. The van der Waals surface area contributed by atoms with Gasteiger partial charge in [-0.15, -0.1) is 0 Å². The second-order valence-corrected chi connectivity index (χ2v) is 8.54. The molecule has 0 atom stereocenters. The van der Waals surface area contributed by atoms with Crippen LogP contribution >= 0.6 is 0 Å². The van der Waals surface area contributed by atoms with Gasteiger partial charge < -0.3 is 21.8 Å². The molecule has 0 unspecified atom stereocenters. The first-order chi connectivity index (χ1) is 17.5. The van der Waals surface area contributed by atoms with E-state index < -0.39 is 5.91 Å². The third kappa shape index (κ3) is 7.68. The van der Waals surface area contributed by atoms with Gasteiger partial charge in [0.05, 0.1) is 5.70 Å². The van der Waals surface area contributed by atoms with E-state index >= 15 is 0 Å². The van der Waals surface area contributed by atoms with Gasteiger partial charge >= 0.3 is 0 Å². The molecule has 0 bridgehead atoms. The van der Waals surface area contributed by atoms with Crippen molar-refractivity contribution < 1.29 is 9.59 Å². The van der Waals surface area contributed by atoms with E-state index in [0.717, 1.165) is 37.7 Å². The Kier molecular flexibility index (Phi) is 10.0. The number of rotatable bonds is 13. The molecule has 0 aliphatic rings. The molecule has 0 saturated carbocycles. The van der Waals surface area contributed by atoms with E-state index in [1.165, 1.54) is 0 Å². The highest BCUT2D eigenvalue weighted by molar-refractivity contribution is 6.05. The summed E-state index contributed by atoms with van der Waals surface area (Å²) < 4.78 is 0. The van der Waals surface area contributed by atoms with E-state index in [-0.39, 0.29) is 5.91 Å². The molecule has 1 heterocycles. The molecule has 7 N–H and O–H groups in total. The predicted molar refractivity (Wildman–Crippen MR) is 143 cm³/mol. The normalized spacial score (nSPS) is 11.2. The second-order valence-electron chi connectivity index (χ2n) is 8.54. The fourth-order valence-electron chi connectivity index (χ4n) is 3.95. The minimum atomic E-state index is -0.522. The van der Waals surface area contributed by atoms with Crippen LogP contribution in [0.2, 0.25) is 0 Å². The summed E-state index contributed by atoms with van der Waals surface area (Å²) in [5, 5.41) is 4.60. The van der Waals surface area contributed by atoms with Crippen LogP contribution in [0.4, 0.5) is 0 Å². The van der Waals surface area contributed by atoms with Crippen LogP contribution in [0.1, 0.15) is 58.4 Å². The van der Waals surface area contributed by atoms with Gasteiger partial charge in [-0.2, -0.15) is 0 Å². The molecule has 0 aliphatic heterocycles. The lowest BCUT2D eigenvalue weighted by molar-refractivity contribution is 0.0951. The van der Waals surface area contributed by atoms with Crippen molar-refractivity contribution in [3.8, 4) is 11.1 Å². The van der Waals surface area contributed by atoms with E-state index in [4.69, 9.17) is 17.3 Å². The number of aromatic nitrogens is 1. The molecule has 3 rings (SSSR count). The van der Waals surface area contributed by atoms with Crippen LogP contribution in [0.25, 0.3) is 16.8 Å². The Hall–Kier alpha value is -4.17. The van der Waals surface area contributed by atoms with Crippen molar-refractivity contribution in [2.24, 2.45) is 17.3 Å². The summed E-state index contributed by atoms with van der Waals surface area (Å²) in [5.41, 5.74) is 15.3. The van der Waals surface area contributed by atoms with E-state index in [9.17, 15) is 9.59 Å². The van der Waals surface area contributed by atoms with Gasteiger partial charge in [-0.1, -0.05) is 55.7 Å². The fourth-order valence-corrected chi connectivity index (χ4v) is 3.95. The molecular weight excluding hydrogens is 452 g/mol. The summed E-state index contributed by atoms with van der Waals surface area (Å²) in [6.45, 7) is 1.29. The number of hydrogen-bond acceptors (Lipinski definition) is 6. The lowest BCUT2D eigenvalue weighted by atomic mass is 9.94. The molecule has 0 saturated heterocycles. The first-order valence-electron chi connectivity index (χ1n) is 12.1. The van der Waals surface area contributed by atoms with Crippen molar-refractivity contribution in [1.82, 2.24) is 15.3 Å². The first kappa shape index (κ1) is 26.4. The number of amides is 2. The Labute approximate surface area is 212 Å². The minimum Gasteiger partial charge on any atom is -0.397 e. The summed E-state index contributed by atoms with van der Waals surface area (Å²) in [4.78, 5) is 28.8. The Morgan fingerprint density at radius 2 is 1.47 bits per heavy atom. The summed E-state index contributed by atoms with van der Waals surface area (Å²) in [6.07, 6.45) is 10.1. The van der Waals surface area contributed by atoms with E-state index in [1.807, 2.05) is 36.4 Å². The Bertz CT molecular complexity index is 1180. The summed E-state index contributed by atoms with van der Waals surface area (Å²) >= 11 is 0. The molecule has 3 aromatic rings. The van der Waals surface area contributed by atoms with E-state index in [0.29, 0.717) is 41.0 Å². The average molecular weight is 487 g/mol. The van der Waals surface area contributed by atoms with Crippen molar-refractivity contribution in [3.05, 3.63) is 95.9 Å². The molecular formula is C28H34N6O2. The molecule has 2 aromatic carbocycles. The van der Waals surface area contributed by atoms with Crippen LogP contribution in [0, 0.1) is 0 Å². The van der Waals surface area contributed by atoms with Gasteiger partial charge in [0.2, 0.25) is 5.91 Å². The highest BCUT2D eigenvalue weighted by Crippen LogP contribution is 2.27. The number of hydrazine groups is 1. The molecule has 0 aliphatic carbocycles. The van der Waals surface area contributed by atoms with Gasteiger partial charge in [0.1, 0.15) is 0 Å². The van der Waals surface area contributed by atoms with Gasteiger partial charge in [0.25, 0.3) is 5.91 Å². The van der Waals surface area contributed by atoms with Crippen molar-refractivity contribution in [2.45, 2.75) is 32.1 Å². The molecule has 36 heavy (non-hydrogen) atoms. The maximum absolute atomic E-state index is 12.9. The van der Waals surface area contributed by atoms with Crippen LogP contribution in [0.5, 0.6) is 0 Å². The zero-order chi connectivity index (χ0) is 25.8. The number of nitrogens with one attached hydrogen (secondary N) is 1. The number of pyridine rings is 1. The summed E-state index contributed by atoms with van der Waals surface area (Å²) in [7, 11) is 0. The van der Waals surface area contributed by atoms with Gasteiger partial charge in [-0.25, -0.2) is 5.84 Å². The number of carbonyl (C=O) groups excluding carboxylic acids is 2. The largest absolute Gasteiger partial charge is 0.397 e. The fraction of sp³-hybridized carbons (Fsp3) is 0.250. The smallest absolute Gasteiger partial charge is 0.251 e. The minimum absolute atomic E-state index is 0.165. The molecule has 8 heteroatoms. The third-order valence-electron chi connectivity index (χ3n) is 5.83. The molecule has 2 amide bonds. The molecule has 188 valence electrons. The number of primary amides is 1. The van der Waals surface area contributed by atoms with Crippen LogP contribution < -0.4 is 22.6 Å². The Balaban J connectivity index is 1.39. The summed E-state index contributed by atoms with van der Waals surface area (Å²) in [6, 6.07) is 18.0. The third-order valence-corrected chi connectivity index (χ3v) is 5.83. The molecule has 0 spiro atoms. The van der Waals surface area contributed by atoms with Crippen LogP contribution in [0.15, 0.2) is 79.3 Å². The lowest BCUT2D eigenvalue weighted by Crippen LogP contribution is -2.27. The van der Waals surface area contributed by atoms with Gasteiger partial charge in [-0.05, 0) is 48.2 Å². The first-order valence-corrected chi connectivity index (χ1v) is 12.1. The number of hydrogen-bond donors (Lipinski definition) is 4. The number of nitrogens with zero attached hydrogens (tertiary/aromatic N) is 2. The van der Waals surface area contributed by atoms with Crippen LogP contribution in [-0.2, 0) is 0 Å². The molecule has 1 aromatic heterocycles. The average Bonchev–Trinajstić information content (AvgIpc) is 2.90. The topological polar surface area (TPSA) is 140 Å². The van der Waals surface area contributed by atoms with Crippen molar-refractivity contribution >= 4 is 17.5 Å². The van der Waals surface area contributed by atoms with Gasteiger partial charge in [0.15, 0.2) is 0 Å². The Morgan fingerprint density at radius 1 is 0.833 bits per heavy atom. The molecule has 0 radical (unpaired) electrons. The highest BCUT2D eigenvalue weighted by Gasteiger charge is 2.16. The lowest BCUT2D eigenvalue weighted by Gasteiger charge is -2.15. The maximum Gasteiger partial charge on any atom is 0.251 e. The zero-order valence-electron chi connectivity index (χ0n) is 20.4. The standard InChI is InChI=1S/C28H34N6O2/c29-26(21-11-10-16-32-19-21)20-34(31)18-9-3-1-2-8-17-33-28(36)25-15-7-5-13-23(25)22-12-4-6-14-24(22)27(30)35/h4-7,10-16,19-20H,1-3,8-9,17-18,29,31H2,(H2,30,35)(H,33,36)/b26-20-. The van der Waals surface area contributed by atoms with Crippen molar-refractivity contribution in [1.29, 1.82) is 0 Å². The molecule has 0 fully saturated rings. The van der Waals surface area contributed by atoms with Crippen LogP contribution in [0.3, 0.4) is 0 Å². The second kappa shape index (κ2) is 13.7. The number of unbranched alkanes of at least 4 members (excludes halogenated alkanes) is 4. The predicted octanol–water partition coefficient (Wildman–Crippen LogP) is 3.66. The highest BCUT2D eigenvalue weighted by atomic mass is 16.2. The zero-order valence-corrected chi connectivity index (χ0v) is 20.4. The van der Waals surface area contributed by atoms with Gasteiger partial charge in [-0.3, -0.25) is 14.6 Å². The van der Waals surface area contributed by atoms with Gasteiger partial charge in [0, 0.05) is 48.4 Å². The monoisotopic (exact) mass is 486 g/mol. The van der Waals surface area contributed by atoms with Crippen LogP contribution in [-0.4, -0.2) is 34.9 Å².